The highest BCUT2D eigenvalue weighted by Crippen LogP contribution is 2.24. The number of Topliss-reactive ketones (excluding diaryl/α,β-unsaturated/α-hetero) is 1. The highest BCUT2D eigenvalue weighted by atomic mass is 16.5. The fraction of sp³-hybridized carbons (Fsp3) is 0.217. The minimum Gasteiger partial charge on any atom is -0.492 e. The second kappa shape index (κ2) is 8.57. The van der Waals surface area contributed by atoms with Gasteiger partial charge in [-0.2, -0.15) is 0 Å². The highest BCUT2D eigenvalue weighted by molar-refractivity contribution is 6.46. The molecule has 0 radical (unpaired) electrons. The molecule has 144 valence electrons. The first kappa shape index (κ1) is 19.4. The van der Waals surface area contributed by atoms with Crippen molar-refractivity contribution in [3.05, 3.63) is 83.2 Å². The molecule has 3 rings (SSSR count). The van der Waals surface area contributed by atoms with Crippen molar-refractivity contribution in [3.63, 3.8) is 0 Å². The Kier molecular flexibility index (Phi) is 5.94. The second-order valence-corrected chi connectivity index (χ2v) is 6.65. The summed E-state index contributed by atoms with van der Waals surface area (Å²) in [5, 5.41) is 2.66. The Morgan fingerprint density at radius 3 is 2.54 bits per heavy atom. The summed E-state index contributed by atoms with van der Waals surface area (Å²) in [6.45, 7) is 6.99. The lowest BCUT2D eigenvalue weighted by Gasteiger charge is -2.12. The SMILES string of the molecule is CCOc1ccccc1NC(=O)C(=O)c1cccn1Cc1ccc(C)c(C)c1. The van der Waals surface area contributed by atoms with E-state index in [4.69, 9.17) is 4.74 Å². The molecule has 0 atom stereocenters. The number of ether oxygens (including phenoxy) is 1. The standard InChI is InChI=1S/C23H24N2O3/c1-4-28-21-10-6-5-8-19(21)24-23(27)22(26)20-9-7-13-25(20)15-18-12-11-16(2)17(3)14-18/h5-14H,4,15H2,1-3H3,(H,24,27). The fourth-order valence-corrected chi connectivity index (χ4v) is 3.00. The molecule has 1 N–H and O–H groups in total. The van der Waals surface area contributed by atoms with E-state index in [0.29, 0.717) is 30.3 Å². The maximum Gasteiger partial charge on any atom is 0.298 e. The number of carbonyl (C=O) groups excluding carboxylic acids is 2. The smallest absolute Gasteiger partial charge is 0.298 e. The molecule has 0 saturated carbocycles. The molecule has 0 spiro atoms. The zero-order valence-corrected chi connectivity index (χ0v) is 16.4. The molecule has 5 heteroatoms. The van der Waals surface area contributed by atoms with Gasteiger partial charge < -0.3 is 14.6 Å². The zero-order valence-electron chi connectivity index (χ0n) is 16.4. The summed E-state index contributed by atoms with van der Waals surface area (Å²) in [5.74, 6) is -0.732. The third-order valence-corrected chi connectivity index (χ3v) is 4.63. The van der Waals surface area contributed by atoms with Crippen LogP contribution in [0.25, 0.3) is 0 Å². The molecule has 2 aromatic carbocycles. The molecule has 0 aliphatic rings. The summed E-state index contributed by atoms with van der Waals surface area (Å²) in [6.07, 6.45) is 1.81. The fourth-order valence-electron chi connectivity index (χ4n) is 3.00. The van der Waals surface area contributed by atoms with Crippen molar-refractivity contribution in [2.75, 3.05) is 11.9 Å². The van der Waals surface area contributed by atoms with Crippen molar-refractivity contribution in [2.45, 2.75) is 27.3 Å². The largest absolute Gasteiger partial charge is 0.492 e. The van der Waals surface area contributed by atoms with Gasteiger partial charge in [-0.15, -0.1) is 0 Å². The Hall–Kier alpha value is -3.34. The van der Waals surface area contributed by atoms with E-state index in [1.165, 1.54) is 11.1 Å². The van der Waals surface area contributed by atoms with Crippen LogP contribution in [0.5, 0.6) is 5.75 Å². The van der Waals surface area contributed by atoms with Gasteiger partial charge in [0.05, 0.1) is 18.0 Å². The van der Waals surface area contributed by atoms with Gasteiger partial charge in [-0.3, -0.25) is 9.59 Å². The molecular weight excluding hydrogens is 352 g/mol. The van der Waals surface area contributed by atoms with E-state index in [0.717, 1.165) is 5.56 Å². The predicted molar refractivity (Wildman–Crippen MR) is 110 cm³/mol. The number of aryl methyl sites for hydroxylation is 2. The number of nitrogens with zero attached hydrogens (tertiary/aromatic N) is 1. The Morgan fingerprint density at radius 2 is 1.79 bits per heavy atom. The number of amides is 1. The molecule has 1 heterocycles. The van der Waals surface area contributed by atoms with Gasteiger partial charge in [0.2, 0.25) is 0 Å². The number of hydrogen-bond acceptors (Lipinski definition) is 3. The van der Waals surface area contributed by atoms with E-state index >= 15 is 0 Å². The van der Waals surface area contributed by atoms with E-state index < -0.39 is 11.7 Å². The van der Waals surface area contributed by atoms with Gasteiger partial charge in [-0.25, -0.2) is 0 Å². The van der Waals surface area contributed by atoms with Crippen LogP contribution >= 0.6 is 0 Å². The molecule has 1 aromatic heterocycles. The van der Waals surface area contributed by atoms with Crippen molar-refractivity contribution in [1.82, 2.24) is 4.57 Å². The van der Waals surface area contributed by atoms with Crippen molar-refractivity contribution in [2.24, 2.45) is 0 Å². The second-order valence-electron chi connectivity index (χ2n) is 6.65. The summed E-state index contributed by atoms with van der Waals surface area (Å²) in [5.41, 5.74) is 4.33. The van der Waals surface area contributed by atoms with E-state index in [1.807, 2.05) is 25.3 Å². The van der Waals surface area contributed by atoms with Crippen molar-refractivity contribution in [1.29, 1.82) is 0 Å². The maximum absolute atomic E-state index is 12.7. The van der Waals surface area contributed by atoms with E-state index in [-0.39, 0.29) is 0 Å². The van der Waals surface area contributed by atoms with Gasteiger partial charge in [-0.05, 0) is 61.7 Å². The summed E-state index contributed by atoms with van der Waals surface area (Å²) in [7, 11) is 0. The van der Waals surface area contributed by atoms with Crippen LogP contribution in [0.15, 0.2) is 60.8 Å². The predicted octanol–water partition coefficient (Wildman–Crippen LogP) is 4.37. The minimum absolute atomic E-state index is 0.351. The Bertz CT molecular complexity index is 1000. The molecule has 1 amide bonds. The first-order valence-corrected chi connectivity index (χ1v) is 9.28. The number of para-hydroxylation sites is 2. The Morgan fingerprint density at radius 1 is 1.00 bits per heavy atom. The monoisotopic (exact) mass is 376 g/mol. The minimum atomic E-state index is -0.688. The number of carbonyl (C=O) groups is 2. The normalized spacial score (nSPS) is 10.5. The third kappa shape index (κ3) is 4.31. The third-order valence-electron chi connectivity index (χ3n) is 4.63. The van der Waals surface area contributed by atoms with Gasteiger partial charge in [0.15, 0.2) is 0 Å². The first-order chi connectivity index (χ1) is 13.5. The summed E-state index contributed by atoms with van der Waals surface area (Å²) < 4.78 is 7.29. The summed E-state index contributed by atoms with van der Waals surface area (Å²) in [6, 6.07) is 16.7. The highest BCUT2D eigenvalue weighted by Gasteiger charge is 2.21. The number of rotatable bonds is 7. The number of aromatic nitrogens is 1. The zero-order chi connectivity index (χ0) is 20.1. The van der Waals surface area contributed by atoms with Crippen molar-refractivity contribution >= 4 is 17.4 Å². The van der Waals surface area contributed by atoms with Gasteiger partial charge in [-0.1, -0.05) is 30.3 Å². The van der Waals surface area contributed by atoms with E-state index in [1.54, 1.807) is 34.9 Å². The average Bonchev–Trinajstić information content (AvgIpc) is 3.14. The van der Waals surface area contributed by atoms with Crippen LogP contribution in [0.1, 0.15) is 34.1 Å². The Balaban J connectivity index is 1.77. The molecule has 0 aliphatic carbocycles. The Labute approximate surface area is 165 Å². The van der Waals surface area contributed by atoms with Crippen LogP contribution in [0, 0.1) is 13.8 Å². The summed E-state index contributed by atoms with van der Waals surface area (Å²) >= 11 is 0. The molecule has 0 fully saturated rings. The van der Waals surface area contributed by atoms with Crippen LogP contribution in [0.4, 0.5) is 5.69 Å². The van der Waals surface area contributed by atoms with Crippen LogP contribution in [-0.2, 0) is 11.3 Å². The number of anilines is 1. The maximum atomic E-state index is 12.7. The number of ketones is 1. The molecule has 0 saturated heterocycles. The van der Waals surface area contributed by atoms with Gasteiger partial charge in [0.1, 0.15) is 5.75 Å². The van der Waals surface area contributed by atoms with E-state index in [9.17, 15) is 9.59 Å². The first-order valence-electron chi connectivity index (χ1n) is 9.28. The van der Waals surface area contributed by atoms with Gasteiger partial charge >= 0.3 is 0 Å². The van der Waals surface area contributed by atoms with Crippen molar-refractivity contribution < 1.29 is 14.3 Å². The van der Waals surface area contributed by atoms with E-state index in [2.05, 4.69) is 31.3 Å². The number of hydrogen-bond donors (Lipinski definition) is 1. The average molecular weight is 376 g/mol. The van der Waals surface area contributed by atoms with Gasteiger partial charge in [0, 0.05) is 12.7 Å². The van der Waals surface area contributed by atoms with Crippen LogP contribution in [0.3, 0.4) is 0 Å². The topological polar surface area (TPSA) is 60.3 Å². The molecule has 0 unspecified atom stereocenters. The van der Waals surface area contributed by atoms with Crippen LogP contribution in [-0.4, -0.2) is 22.9 Å². The molecule has 0 aliphatic heterocycles. The quantitative estimate of drug-likeness (QED) is 0.492. The molecule has 5 nitrogen and oxygen atoms in total. The molecular formula is C23H24N2O3. The molecule has 3 aromatic rings. The van der Waals surface area contributed by atoms with Crippen LogP contribution in [0.2, 0.25) is 0 Å². The number of benzene rings is 2. The van der Waals surface area contributed by atoms with Gasteiger partial charge in [0.25, 0.3) is 11.7 Å². The lowest BCUT2D eigenvalue weighted by molar-refractivity contribution is -0.112. The molecule has 0 bridgehead atoms. The molecule has 28 heavy (non-hydrogen) atoms. The summed E-state index contributed by atoms with van der Waals surface area (Å²) in [4.78, 5) is 25.3. The van der Waals surface area contributed by atoms with Crippen molar-refractivity contribution in [3.8, 4) is 5.75 Å². The lowest BCUT2D eigenvalue weighted by Crippen LogP contribution is -2.25. The number of nitrogens with one attached hydrogen (secondary N) is 1. The van der Waals surface area contributed by atoms with Crippen LogP contribution < -0.4 is 10.1 Å². The lowest BCUT2D eigenvalue weighted by atomic mass is 10.1.